The van der Waals surface area contributed by atoms with Gasteiger partial charge in [0.05, 0.1) is 0 Å². The van der Waals surface area contributed by atoms with Crippen molar-refractivity contribution in [2.24, 2.45) is 0 Å². The minimum absolute atomic E-state index is 0.177. The van der Waals surface area contributed by atoms with Crippen LogP contribution >= 0.6 is 0 Å². The van der Waals surface area contributed by atoms with E-state index < -0.39 is 0 Å². The predicted octanol–water partition coefficient (Wildman–Crippen LogP) is 3.42. The Balaban J connectivity index is 2.12. The van der Waals surface area contributed by atoms with Crippen molar-refractivity contribution in [2.75, 3.05) is 24.3 Å². The molecule has 2 aromatic rings. The molecule has 2 N–H and O–H groups in total. The first-order valence-corrected chi connectivity index (χ1v) is 7.57. The van der Waals surface area contributed by atoms with Crippen molar-refractivity contribution in [3.05, 3.63) is 48.3 Å². The molecule has 1 aromatic carbocycles. The van der Waals surface area contributed by atoms with Crippen molar-refractivity contribution in [1.29, 1.82) is 0 Å². The zero-order valence-corrected chi connectivity index (χ0v) is 14.3. The highest BCUT2D eigenvalue weighted by molar-refractivity contribution is 5.93. The van der Waals surface area contributed by atoms with E-state index in [1.54, 1.807) is 12.3 Å². The number of nitrogens with zero attached hydrogens (tertiary/aromatic N) is 2. The monoisotopic (exact) mass is 312 g/mol. The number of hydrogen-bond donors (Lipinski definition) is 2. The van der Waals surface area contributed by atoms with E-state index in [0.717, 1.165) is 17.1 Å². The van der Waals surface area contributed by atoms with E-state index in [4.69, 9.17) is 0 Å². The van der Waals surface area contributed by atoms with Gasteiger partial charge in [-0.05, 0) is 57.2 Å². The summed E-state index contributed by atoms with van der Waals surface area (Å²) in [5, 5.41) is 6.20. The number of benzene rings is 1. The number of carbonyl (C=O) groups excluding carboxylic acids is 1. The molecule has 0 fully saturated rings. The third-order valence-electron chi connectivity index (χ3n) is 3.15. The third kappa shape index (κ3) is 4.98. The number of anilines is 3. The largest absolute Gasteiger partial charge is 0.378 e. The summed E-state index contributed by atoms with van der Waals surface area (Å²) < 4.78 is 0. The van der Waals surface area contributed by atoms with Crippen molar-refractivity contribution < 1.29 is 4.79 Å². The zero-order chi connectivity index (χ0) is 17.0. The average Bonchev–Trinajstić information content (AvgIpc) is 2.46. The van der Waals surface area contributed by atoms with Gasteiger partial charge in [0.2, 0.25) is 0 Å². The van der Waals surface area contributed by atoms with Gasteiger partial charge in [-0.3, -0.25) is 9.78 Å². The maximum atomic E-state index is 12.2. The van der Waals surface area contributed by atoms with E-state index in [-0.39, 0.29) is 11.4 Å². The Bertz CT molecular complexity index is 672. The molecule has 1 amide bonds. The average molecular weight is 312 g/mol. The number of rotatable bonds is 4. The Morgan fingerprint density at radius 2 is 1.70 bits per heavy atom. The van der Waals surface area contributed by atoms with Crippen LogP contribution in [0.15, 0.2) is 42.6 Å². The smallest absolute Gasteiger partial charge is 0.270 e. The lowest BCUT2D eigenvalue weighted by Crippen LogP contribution is -2.40. The number of nitrogens with one attached hydrogen (secondary N) is 2. The maximum absolute atomic E-state index is 12.2. The van der Waals surface area contributed by atoms with Crippen LogP contribution in [0.3, 0.4) is 0 Å². The van der Waals surface area contributed by atoms with Gasteiger partial charge in [-0.1, -0.05) is 0 Å². The maximum Gasteiger partial charge on any atom is 0.270 e. The fraction of sp³-hybridized carbons (Fsp3) is 0.333. The van der Waals surface area contributed by atoms with Crippen LogP contribution in [-0.2, 0) is 0 Å². The molecule has 0 saturated heterocycles. The highest BCUT2D eigenvalue weighted by atomic mass is 16.2. The van der Waals surface area contributed by atoms with Gasteiger partial charge < -0.3 is 15.5 Å². The summed E-state index contributed by atoms with van der Waals surface area (Å²) >= 11 is 0. The number of amides is 1. The molecule has 0 unspecified atom stereocenters. The molecule has 0 aliphatic carbocycles. The molecule has 5 heteroatoms. The first-order valence-electron chi connectivity index (χ1n) is 7.57. The molecule has 0 saturated carbocycles. The fourth-order valence-corrected chi connectivity index (χ4v) is 2.05. The molecule has 0 atom stereocenters. The SMILES string of the molecule is CN(C)c1ccc(Nc2ccnc(C(=O)NC(C)(C)C)c2)cc1. The molecule has 0 aliphatic heterocycles. The minimum Gasteiger partial charge on any atom is -0.378 e. The summed E-state index contributed by atoms with van der Waals surface area (Å²) in [5.74, 6) is -0.177. The van der Waals surface area contributed by atoms with Gasteiger partial charge in [-0.15, -0.1) is 0 Å². The zero-order valence-electron chi connectivity index (χ0n) is 14.3. The summed E-state index contributed by atoms with van der Waals surface area (Å²) in [6, 6.07) is 11.7. The summed E-state index contributed by atoms with van der Waals surface area (Å²) in [4.78, 5) is 18.4. The van der Waals surface area contributed by atoms with Crippen molar-refractivity contribution >= 4 is 23.0 Å². The predicted molar refractivity (Wildman–Crippen MR) is 95.5 cm³/mol. The lowest BCUT2D eigenvalue weighted by atomic mass is 10.1. The van der Waals surface area contributed by atoms with Crippen molar-refractivity contribution in [3.63, 3.8) is 0 Å². The lowest BCUT2D eigenvalue weighted by Gasteiger charge is -2.20. The van der Waals surface area contributed by atoms with Gasteiger partial charge in [-0.2, -0.15) is 0 Å². The summed E-state index contributed by atoms with van der Waals surface area (Å²) in [6.07, 6.45) is 1.63. The van der Waals surface area contributed by atoms with Gasteiger partial charge >= 0.3 is 0 Å². The van der Waals surface area contributed by atoms with E-state index in [9.17, 15) is 4.79 Å². The lowest BCUT2D eigenvalue weighted by molar-refractivity contribution is 0.0914. The first kappa shape index (κ1) is 16.8. The standard InChI is InChI=1S/C18H24N4O/c1-18(2,3)21-17(23)16-12-14(10-11-19-16)20-13-6-8-15(9-7-13)22(4)5/h6-12H,1-5H3,(H,19,20)(H,21,23). The molecule has 0 spiro atoms. The molecule has 0 bridgehead atoms. The van der Waals surface area contributed by atoms with Crippen LogP contribution in [0.25, 0.3) is 0 Å². The van der Waals surface area contributed by atoms with Crippen LogP contribution in [0.1, 0.15) is 31.3 Å². The molecule has 5 nitrogen and oxygen atoms in total. The molecule has 23 heavy (non-hydrogen) atoms. The van der Waals surface area contributed by atoms with Gasteiger partial charge in [0.25, 0.3) is 5.91 Å². The highest BCUT2D eigenvalue weighted by Gasteiger charge is 2.16. The van der Waals surface area contributed by atoms with Crippen molar-refractivity contribution in [3.8, 4) is 0 Å². The van der Waals surface area contributed by atoms with Crippen LogP contribution in [0.2, 0.25) is 0 Å². The number of pyridine rings is 1. The second kappa shape index (κ2) is 6.69. The topological polar surface area (TPSA) is 57.3 Å². The van der Waals surface area contributed by atoms with E-state index in [2.05, 4.69) is 15.6 Å². The van der Waals surface area contributed by atoms with Crippen molar-refractivity contribution in [1.82, 2.24) is 10.3 Å². The first-order chi connectivity index (χ1) is 10.7. The molecule has 2 rings (SSSR count). The quantitative estimate of drug-likeness (QED) is 0.908. The molecule has 1 heterocycles. The normalized spacial score (nSPS) is 11.0. The third-order valence-corrected chi connectivity index (χ3v) is 3.15. The van der Waals surface area contributed by atoms with Gasteiger partial charge in [0.15, 0.2) is 0 Å². The van der Waals surface area contributed by atoms with E-state index in [1.165, 1.54) is 0 Å². The molecular weight excluding hydrogens is 288 g/mol. The number of hydrogen-bond acceptors (Lipinski definition) is 4. The minimum atomic E-state index is -0.287. The molecule has 0 aliphatic rings. The van der Waals surface area contributed by atoms with Crippen molar-refractivity contribution in [2.45, 2.75) is 26.3 Å². The second-order valence-corrected chi connectivity index (χ2v) is 6.70. The molecule has 0 radical (unpaired) electrons. The second-order valence-electron chi connectivity index (χ2n) is 6.70. The summed E-state index contributed by atoms with van der Waals surface area (Å²) in [7, 11) is 4.01. The fourth-order valence-electron chi connectivity index (χ4n) is 2.05. The molecular formula is C18H24N4O. The number of carbonyl (C=O) groups is 1. The van der Waals surface area contributed by atoms with Crippen LogP contribution in [-0.4, -0.2) is 30.5 Å². The van der Waals surface area contributed by atoms with Crippen LogP contribution in [0, 0.1) is 0 Å². The van der Waals surface area contributed by atoms with Gasteiger partial charge in [0, 0.05) is 42.9 Å². The van der Waals surface area contributed by atoms with E-state index >= 15 is 0 Å². The van der Waals surface area contributed by atoms with Crippen LogP contribution in [0.4, 0.5) is 17.1 Å². The molecule has 1 aromatic heterocycles. The Labute approximate surface area is 137 Å². The Hall–Kier alpha value is -2.56. The van der Waals surface area contributed by atoms with Gasteiger partial charge in [0.1, 0.15) is 5.69 Å². The van der Waals surface area contributed by atoms with Crippen LogP contribution in [0.5, 0.6) is 0 Å². The van der Waals surface area contributed by atoms with Crippen LogP contribution < -0.4 is 15.5 Å². The Kier molecular flexibility index (Phi) is 4.89. The number of aromatic nitrogens is 1. The Morgan fingerprint density at radius 1 is 1.04 bits per heavy atom. The van der Waals surface area contributed by atoms with E-state index in [1.807, 2.05) is 70.1 Å². The summed E-state index contributed by atoms with van der Waals surface area (Å²) in [5.41, 5.74) is 3.04. The summed E-state index contributed by atoms with van der Waals surface area (Å²) in [6.45, 7) is 5.83. The molecule has 122 valence electrons. The van der Waals surface area contributed by atoms with Gasteiger partial charge in [-0.25, -0.2) is 0 Å². The Morgan fingerprint density at radius 3 is 2.26 bits per heavy atom. The van der Waals surface area contributed by atoms with E-state index in [0.29, 0.717) is 5.69 Å². The highest BCUT2D eigenvalue weighted by Crippen LogP contribution is 2.20.